The van der Waals surface area contributed by atoms with Crippen LogP contribution in [0.2, 0.25) is 0 Å². The number of hydrogen-bond acceptors (Lipinski definition) is 2. The zero-order chi connectivity index (χ0) is 17.3. The summed E-state index contributed by atoms with van der Waals surface area (Å²) in [5, 5.41) is 0.293. The Morgan fingerprint density at radius 1 is 1.12 bits per heavy atom. The van der Waals surface area contributed by atoms with Gasteiger partial charge in [-0.3, -0.25) is 4.79 Å². The Labute approximate surface area is 142 Å². The van der Waals surface area contributed by atoms with Crippen molar-refractivity contribution in [2.75, 3.05) is 11.4 Å². The number of anilines is 1. The number of thioether (sulfide) groups is 1. The molecule has 1 aliphatic heterocycles. The molecule has 1 unspecified atom stereocenters. The van der Waals surface area contributed by atoms with Crippen molar-refractivity contribution < 1.29 is 18.0 Å². The van der Waals surface area contributed by atoms with Crippen molar-refractivity contribution in [1.29, 1.82) is 0 Å². The molecular weight excluding hydrogens is 335 g/mol. The minimum atomic E-state index is -4.56. The number of carbonyl (C=O) groups is 1. The lowest BCUT2D eigenvalue weighted by atomic mass is 10.1. The number of carbonyl (C=O) groups excluding carboxylic acids is 1. The molecule has 1 atom stereocenters. The van der Waals surface area contributed by atoms with Crippen LogP contribution in [0, 0.1) is 0 Å². The Morgan fingerprint density at radius 3 is 2.54 bits per heavy atom. The van der Waals surface area contributed by atoms with E-state index in [0.29, 0.717) is 17.5 Å². The lowest BCUT2D eigenvalue weighted by Gasteiger charge is -2.24. The Bertz CT molecular complexity index is 760. The molecule has 0 spiro atoms. The summed E-state index contributed by atoms with van der Waals surface area (Å²) in [6.07, 6.45) is -3.83. The topological polar surface area (TPSA) is 20.3 Å². The normalized spacial score (nSPS) is 18.0. The molecule has 2 aromatic carbocycles. The van der Waals surface area contributed by atoms with Crippen LogP contribution in [0.5, 0.6) is 0 Å². The predicted molar refractivity (Wildman–Crippen MR) is 89.5 cm³/mol. The van der Waals surface area contributed by atoms with Gasteiger partial charge in [-0.15, -0.1) is 11.8 Å². The Hall–Kier alpha value is -1.95. The molecule has 1 heterocycles. The minimum absolute atomic E-state index is 0.293. The summed E-state index contributed by atoms with van der Waals surface area (Å²) < 4.78 is 39.7. The van der Waals surface area contributed by atoms with Crippen molar-refractivity contribution in [1.82, 2.24) is 0 Å². The molecule has 0 bridgehead atoms. The molecule has 0 saturated heterocycles. The largest absolute Gasteiger partial charge is 0.417 e. The Morgan fingerprint density at radius 2 is 1.79 bits per heavy atom. The fourth-order valence-corrected chi connectivity index (χ4v) is 3.87. The first kappa shape index (κ1) is 16.9. The van der Waals surface area contributed by atoms with Crippen LogP contribution in [-0.2, 0) is 6.18 Å². The Balaban J connectivity index is 2.05. The van der Waals surface area contributed by atoms with E-state index in [9.17, 15) is 18.0 Å². The standard InChI is InChI=1S/C18H16F3NOS/c1-12-10-11-22(15-8-4-5-9-16(15)24-12)17(23)13-6-2-3-7-14(13)18(19,20)21/h2-9,12H,10-11H2,1H3. The third kappa shape index (κ3) is 3.29. The quantitative estimate of drug-likeness (QED) is 0.701. The van der Waals surface area contributed by atoms with Gasteiger partial charge in [0.15, 0.2) is 0 Å². The number of halogens is 3. The number of amides is 1. The SMILES string of the molecule is CC1CCN(C(=O)c2ccccc2C(F)(F)F)c2ccccc2S1. The van der Waals surface area contributed by atoms with Gasteiger partial charge >= 0.3 is 6.18 Å². The third-order valence-corrected chi connectivity index (χ3v) is 5.19. The average molecular weight is 351 g/mol. The van der Waals surface area contributed by atoms with Gasteiger partial charge in [-0.25, -0.2) is 0 Å². The fraction of sp³-hybridized carbons (Fsp3) is 0.278. The maximum atomic E-state index is 13.2. The molecule has 2 nitrogen and oxygen atoms in total. The first-order valence-electron chi connectivity index (χ1n) is 7.61. The zero-order valence-corrected chi connectivity index (χ0v) is 13.8. The number of hydrogen-bond donors (Lipinski definition) is 0. The van der Waals surface area contributed by atoms with Gasteiger partial charge in [0.2, 0.25) is 0 Å². The zero-order valence-electron chi connectivity index (χ0n) is 13.0. The van der Waals surface area contributed by atoms with Crippen molar-refractivity contribution in [2.45, 2.75) is 29.7 Å². The van der Waals surface area contributed by atoms with Gasteiger partial charge in [0.1, 0.15) is 0 Å². The highest BCUT2D eigenvalue weighted by Crippen LogP contribution is 2.39. The summed E-state index contributed by atoms with van der Waals surface area (Å²) in [4.78, 5) is 15.3. The summed E-state index contributed by atoms with van der Waals surface area (Å²) in [6, 6.07) is 12.3. The van der Waals surface area contributed by atoms with Crippen molar-refractivity contribution in [3.05, 3.63) is 59.7 Å². The van der Waals surface area contributed by atoms with Crippen molar-refractivity contribution in [3.63, 3.8) is 0 Å². The monoisotopic (exact) mass is 351 g/mol. The van der Waals surface area contributed by atoms with Crippen LogP contribution >= 0.6 is 11.8 Å². The summed E-state index contributed by atoms with van der Waals surface area (Å²) in [5.74, 6) is -0.606. The molecule has 0 fully saturated rings. The Kier molecular flexibility index (Phi) is 4.58. The first-order chi connectivity index (χ1) is 11.4. The number of nitrogens with zero attached hydrogens (tertiary/aromatic N) is 1. The van der Waals surface area contributed by atoms with Gasteiger partial charge in [-0.2, -0.15) is 13.2 Å². The van der Waals surface area contributed by atoms with Gasteiger partial charge < -0.3 is 4.90 Å². The summed E-state index contributed by atoms with van der Waals surface area (Å²) in [6.45, 7) is 2.45. The van der Waals surface area contributed by atoms with Crippen molar-refractivity contribution in [2.24, 2.45) is 0 Å². The molecule has 1 aliphatic rings. The predicted octanol–water partition coefficient (Wildman–Crippen LogP) is 5.24. The lowest BCUT2D eigenvalue weighted by Crippen LogP contribution is -2.33. The second-order valence-electron chi connectivity index (χ2n) is 5.69. The highest BCUT2D eigenvalue weighted by Gasteiger charge is 2.36. The maximum absolute atomic E-state index is 13.2. The minimum Gasteiger partial charge on any atom is -0.307 e. The second-order valence-corrected chi connectivity index (χ2v) is 7.17. The van der Waals surface area contributed by atoms with Crippen LogP contribution in [0.1, 0.15) is 29.3 Å². The van der Waals surface area contributed by atoms with E-state index in [-0.39, 0.29) is 5.56 Å². The number of para-hydroxylation sites is 1. The molecule has 0 radical (unpaired) electrons. The van der Waals surface area contributed by atoms with Crippen LogP contribution in [0.4, 0.5) is 18.9 Å². The van der Waals surface area contributed by atoms with Gasteiger partial charge in [0, 0.05) is 16.7 Å². The highest BCUT2D eigenvalue weighted by molar-refractivity contribution is 8.00. The number of fused-ring (bicyclic) bond motifs is 1. The molecule has 2 aromatic rings. The molecule has 24 heavy (non-hydrogen) atoms. The van der Waals surface area contributed by atoms with E-state index in [0.717, 1.165) is 17.4 Å². The van der Waals surface area contributed by atoms with Gasteiger partial charge in [0.05, 0.1) is 16.8 Å². The molecular formula is C18H16F3NOS. The number of benzene rings is 2. The molecule has 3 rings (SSSR count). The second kappa shape index (κ2) is 6.51. The van der Waals surface area contributed by atoms with Crippen molar-refractivity contribution in [3.8, 4) is 0 Å². The molecule has 126 valence electrons. The third-order valence-electron chi connectivity index (χ3n) is 3.95. The maximum Gasteiger partial charge on any atom is 0.417 e. The van der Waals surface area contributed by atoms with Gasteiger partial charge in [-0.1, -0.05) is 31.2 Å². The smallest absolute Gasteiger partial charge is 0.307 e. The van der Waals surface area contributed by atoms with Crippen LogP contribution in [-0.4, -0.2) is 17.7 Å². The molecule has 0 aromatic heterocycles. The molecule has 1 amide bonds. The van der Waals surface area contributed by atoms with Gasteiger partial charge in [0.25, 0.3) is 5.91 Å². The van der Waals surface area contributed by atoms with Crippen LogP contribution in [0.25, 0.3) is 0 Å². The van der Waals surface area contributed by atoms with E-state index in [2.05, 4.69) is 6.92 Å². The summed E-state index contributed by atoms with van der Waals surface area (Å²) in [5.41, 5.74) is -0.523. The van der Waals surface area contributed by atoms with E-state index < -0.39 is 17.6 Å². The van der Waals surface area contributed by atoms with Crippen LogP contribution in [0.3, 0.4) is 0 Å². The number of alkyl halides is 3. The van der Waals surface area contributed by atoms with E-state index in [1.54, 1.807) is 23.9 Å². The van der Waals surface area contributed by atoms with E-state index in [4.69, 9.17) is 0 Å². The highest BCUT2D eigenvalue weighted by atomic mass is 32.2. The van der Waals surface area contributed by atoms with Gasteiger partial charge in [-0.05, 0) is 30.7 Å². The van der Waals surface area contributed by atoms with E-state index in [1.807, 2.05) is 12.1 Å². The van der Waals surface area contributed by atoms with E-state index in [1.165, 1.54) is 23.1 Å². The summed E-state index contributed by atoms with van der Waals surface area (Å²) >= 11 is 1.64. The summed E-state index contributed by atoms with van der Waals surface area (Å²) in [7, 11) is 0. The van der Waals surface area contributed by atoms with Crippen molar-refractivity contribution >= 4 is 23.4 Å². The molecule has 0 saturated carbocycles. The average Bonchev–Trinajstić information content (AvgIpc) is 2.71. The van der Waals surface area contributed by atoms with Crippen LogP contribution < -0.4 is 4.90 Å². The fourth-order valence-electron chi connectivity index (χ4n) is 2.76. The van der Waals surface area contributed by atoms with Crippen LogP contribution in [0.15, 0.2) is 53.4 Å². The first-order valence-corrected chi connectivity index (χ1v) is 8.49. The molecule has 0 aliphatic carbocycles. The number of rotatable bonds is 1. The molecule has 0 N–H and O–H groups in total. The van der Waals surface area contributed by atoms with E-state index >= 15 is 0 Å². The lowest BCUT2D eigenvalue weighted by molar-refractivity contribution is -0.137. The molecule has 6 heteroatoms.